The van der Waals surface area contributed by atoms with Gasteiger partial charge in [0.15, 0.2) is 11.5 Å². The van der Waals surface area contributed by atoms with Crippen LogP contribution in [0.4, 0.5) is 0 Å². The van der Waals surface area contributed by atoms with Crippen LogP contribution in [0.25, 0.3) is 0 Å². The number of hydrogen-bond acceptors (Lipinski definition) is 3. The summed E-state index contributed by atoms with van der Waals surface area (Å²) in [7, 11) is 1.59. The third-order valence-electron chi connectivity index (χ3n) is 2.87. The van der Waals surface area contributed by atoms with Gasteiger partial charge in [-0.3, -0.25) is 4.79 Å². The normalized spacial score (nSPS) is 9.32. The Hall–Kier alpha value is -2.93. The quantitative estimate of drug-likeness (QED) is 0.862. The summed E-state index contributed by atoms with van der Waals surface area (Å²) in [6, 6.07) is 16.4. The lowest BCUT2D eigenvalue weighted by Gasteiger charge is -2.07. The van der Waals surface area contributed by atoms with Gasteiger partial charge in [0, 0.05) is 5.56 Å². The Labute approximate surface area is 130 Å². The molecule has 2 rings (SSSR count). The largest absolute Gasteiger partial charge is 0.493 e. The van der Waals surface area contributed by atoms with E-state index in [1.54, 1.807) is 19.2 Å². The van der Waals surface area contributed by atoms with Crippen LogP contribution in [-0.4, -0.2) is 26.2 Å². The lowest BCUT2D eigenvalue weighted by molar-refractivity contribution is 0.0958. The molecule has 0 saturated heterocycles. The number of carbonyl (C=O) groups is 1. The van der Waals surface area contributed by atoms with Crippen molar-refractivity contribution in [3.63, 3.8) is 0 Å². The number of rotatable bonds is 5. The first kappa shape index (κ1) is 15.5. The van der Waals surface area contributed by atoms with Gasteiger partial charge in [-0.25, -0.2) is 0 Å². The molecule has 0 radical (unpaired) electrons. The fourth-order valence-electron chi connectivity index (χ4n) is 1.78. The van der Waals surface area contributed by atoms with Gasteiger partial charge < -0.3 is 14.8 Å². The van der Waals surface area contributed by atoms with Gasteiger partial charge in [0.25, 0.3) is 5.91 Å². The van der Waals surface area contributed by atoms with Crippen molar-refractivity contribution in [1.29, 1.82) is 0 Å². The Morgan fingerprint density at radius 2 is 1.68 bits per heavy atom. The predicted octanol–water partition coefficient (Wildman–Crippen LogP) is 2.51. The number of nitrogens with one attached hydrogen (secondary N) is 1. The van der Waals surface area contributed by atoms with Crippen molar-refractivity contribution in [3.8, 4) is 23.3 Å². The highest BCUT2D eigenvalue weighted by Crippen LogP contribution is 2.25. The molecule has 0 aliphatic rings. The molecule has 4 heteroatoms. The maximum absolute atomic E-state index is 11.8. The maximum Gasteiger partial charge on any atom is 0.252 e. The Balaban J connectivity index is 1.75. The van der Waals surface area contributed by atoms with E-state index in [0.717, 1.165) is 0 Å². The van der Waals surface area contributed by atoms with Crippen molar-refractivity contribution in [3.05, 3.63) is 60.2 Å². The second-order valence-corrected chi connectivity index (χ2v) is 4.34. The van der Waals surface area contributed by atoms with Crippen molar-refractivity contribution in [1.82, 2.24) is 5.32 Å². The third kappa shape index (κ3) is 4.57. The van der Waals surface area contributed by atoms with Crippen LogP contribution in [0.1, 0.15) is 10.4 Å². The van der Waals surface area contributed by atoms with Gasteiger partial charge >= 0.3 is 0 Å². The number of carbonyl (C=O) groups excluding carboxylic acids is 1. The number of para-hydroxylation sites is 2. The topological polar surface area (TPSA) is 47.6 Å². The molecule has 0 aromatic heterocycles. The van der Waals surface area contributed by atoms with E-state index >= 15 is 0 Å². The van der Waals surface area contributed by atoms with Crippen LogP contribution in [0.15, 0.2) is 54.6 Å². The van der Waals surface area contributed by atoms with Crippen LogP contribution in [0, 0.1) is 11.8 Å². The highest BCUT2D eigenvalue weighted by molar-refractivity contribution is 5.94. The molecule has 0 heterocycles. The van der Waals surface area contributed by atoms with Crippen molar-refractivity contribution >= 4 is 5.91 Å². The molecule has 1 N–H and O–H groups in total. The highest BCUT2D eigenvalue weighted by Gasteiger charge is 2.02. The highest BCUT2D eigenvalue weighted by atomic mass is 16.5. The van der Waals surface area contributed by atoms with Gasteiger partial charge in [-0.2, -0.15) is 0 Å². The Bertz CT molecular complexity index is 671. The third-order valence-corrected chi connectivity index (χ3v) is 2.87. The summed E-state index contributed by atoms with van der Waals surface area (Å²) in [4.78, 5) is 11.8. The number of benzene rings is 2. The molecule has 0 aliphatic heterocycles. The monoisotopic (exact) mass is 295 g/mol. The zero-order valence-electron chi connectivity index (χ0n) is 12.3. The summed E-state index contributed by atoms with van der Waals surface area (Å²) < 4.78 is 10.7. The molecule has 1 amide bonds. The number of methoxy groups -OCH3 is 1. The molecule has 2 aromatic rings. The predicted molar refractivity (Wildman–Crippen MR) is 85.0 cm³/mol. The maximum atomic E-state index is 11.8. The smallest absolute Gasteiger partial charge is 0.252 e. The molecule has 0 saturated carbocycles. The fraction of sp³-hybridized carbons (Fsp3) is 0.167. The average Bonchev–Trinajstić information content (AvgIpc) is 2.58. The van der Waals surface area contributed by atoms with Crippen LogP contribution in [0.3, 0.4) is 0 Å². The minimum absolute atomic E-state index is 0.138. The molecular weight excluding hydrogens is 278 g/mol. The van der Waals surface area contributed by atoms with E-state index in [0.29, 0.717) is 17.1 Å². The zero-order chi connectivity index (χ0) is 15.6. The van der Waals surface area contributed by atoms with E-state index in [9.17, 15) is 4.79 Å². The van der Waals surface area contributed by atoms with Crippen molar-refractivity contribution < 1.29 is 14.3 Å². The number of ether oxygens (including phenoxy) is 2. The van der Waals surface area contributed by atoms with E-state index in [4.69, 9.17) is 9.47 Å². The fourth-order valence-corrected chi connectivity index (χ4v) is 1.78. The molecule has 112 valence electrons. The average molecular weight is 295 g/mol. The van der Waals surface area contributed by atoms with Crippen molar-refractivity contribution in [2.75, 3.05) is 20.3 Å². The molecule has 0 atom stereocenters. The Morgan fingerprint density at radius 1 is 1.00 bits per heavy atom. The molecule has 0 aliphatic carbocycles. The van der Waals surface area contributed by atoms with Crippen molar-refractivity contribution in [2.45, 2.75) is 0 Å². The molecule has 0 fully saturated rings. The van der Waals surface area contributed by atoms with E-state index < -0.39 is 0 Å². The molecule has 22 heavy (non-hydrogen) atoms. The first-order chi connectivity index (χ1) is 10.8. The SMILES string of the molecule is COc1ccccc1OCC#CCNC(=O)c1ccccc1. The van der Waals surface area contributed by atoms with Crippen molar-refractivity contribution in [2.24, 2.45) is 0 Å². The molecule has 0 spiro atoms. The van der Waals surface area contributed by atoms with Gasteiger partial charge in [0.1, 0.15) is 6.61 Å². The van der Waals surface area contributed by atoms with Crippen LogP contribution in [0.5, 0.6) is 11.5 Å². The molecule has 2 aromatic carbocycles. The van der Waals surface area contributed by atoms with Gasteiger partial charge in [0.2, 0.25) is 0 Å². The first-order valence-corrected chi connectivity index (χ1v) is 6.86. The summed E-state index contributed by atoms with van der Waals surface area (Å²) in [5, 5.41) is 2.73. The van der Waals surface area contributed by atoms with E-state index in [2.05, 4.69) is 17.2 Å². The van der Waals surface area contributed by atoms with Crippen LogP contribution in [0.2, 0.25) is 0 Å². The minimum atomic E-state index is -0.138. The summed E-state index contributed by atoms with van der Waals surface area (Å²) in [5.74, 6) is 6.87. The first-order valence-electron chi connectivity index (χ1n) is 6.86. The van der Waals surface area contributed by atoms with E-state index in [-0.39, 0.29) is 19.1 Å². The standard InChI is InChI=1S/C18H17NO3/c1-21-16-11-5-6-12-17(16)22-14-8-7-13-19-18(20)15-9-3-2-4-10-15/h2-6,9-12H,13-14H2,1H3,(H,19,20). The van der Waals surface area contributed by atoms with Crippen LogP contribution >= 0.6 is 0 Å². The van der Waals surface area contributed by atoms with Crippen LogP contribution in [-0.2, 0) is 0 Å². The van der Waals surface area contributed by atoms with Gasteiger partial charge in [0.05, 0.1) is 13.7 Å². The van der Waals surface area contributed by atoms with Gasteiger partial charge in [-0.05, 0) is 24.3 Å². The lowest BCUT2D eigenvalue weighted by Crippen LogP contribution is -2.23. The second kappa shape index (κ2) is 8.38. The lowest BCUT2D eigenvalue weighted by atomic mass is 10.2. The molecule has 0 bridgehead atoms. The molecule has 4 nitrogen and oxygen atoms in total. The molecular formula is C18H17NO3. The Kier molecular flexibility index (Phi) is 5.89. The Morgan fingerprint density at radius 3 is 2.41 bits per heavy atom. The van der Waals surface area contributed by atoms with E-state index in [1.807, 2.05) is 42.5 Å². The van der Waals surface area contributed by atoms with Gasteiger partial charge in [-0.15, -0.1) is 0 Å². The van der Waals surface area contributed by atoms with E-state index in [1.165, 1.54) is 0 Å². The summed E-state index contributed by atoms with van der Waals surface area (Å²) >= 11 is 0. The second-order valence-electron chi connectivity index (χ2n) is 4.34. The zero-order valence-corrected chi connectivity index (χ0v) is 12.3. The summed E-state index contributed by atoms with van der Waals surface area (Å²) in [6.45, 7) is 0.518. The number of hydrogen-bond donors (Lipinski definition) is 1. The summed E-state index contributed by atoms with van der Waals surface area (Å²) in [5.41, 5.74) is 0.620. The minimum Gasteiger partial charge on any atom is -0.493 e. The molecule has 0 unspecified atom stereocenters. The number of amides is 1. The summed E-state index contributed by atoms with van der Waals surface area (Å²) in [6.07, 6.45) is 0. The van der Waals surface area contributed by atoms with Gasteiger partial charge in [-0.1, -0.05) is 42.2 Å². The van der Waals surface area contributed by atoms with Crippen LogP contribution < -0.4 is 14.8 Å².